The van der Waals surface area contributed by atoms with Crippen LogP contribution in [0.25, 0.3) is 0 Å². The summed E-state index contributed by atoms with van der Waals surface area (Å²) >= 11 is 0. The van der Waals surface area contributed by atoms with Gasteiger partial charge in [0.2, 0.25) is 11.8 Å². The highest BCUT2D eigenvalue weighted by Gasteiger charge is 2.21. The summed E-state index contributed by atoms with van der Waals surface area (Å²) in [5.41, 5.74) is 6.10. The lowest BCUT2D eigenvalue weighted by Gasteiger charge is -2.18. The third kappa shape index (κ3) is 5.59. The van der Waals surface area contributed by atoms with E-state index in [-0.39, 0.29) is 30.1 Å². The van der Waals surface area contributed by atoms with E-state index in [9.17, 15) is 9.59 Å². The molecule has 0 radical (unpaired) electrons. The Balaban J connectivity index is 0.00000361. The summed E-state index contributed by atoms with van der Waals surface area (Å²) in [4.78, 5) is 23.2. The zero-order chi connectivity index (χ0) is 14.6. The van der Waals surface area contributed by atoms with Gasteiger partial charge in [-0.2, -0.15) is 0 Å². The Hall–Kier alpha value is -1.59. The van der Waals surface area contributed by atoms with Gasteiger partial charge in [0.15, 0.2) is 0 Å². The van der Waals surface area contributed by atoms with Gasteiger partial charge in [0.25, 0.3) is 0 Å². The van der Waals surface area contributed by atoms with Gasteiger partial charge in [-0.25, -0.2) is 0 Å². The molecule has 0 saturated carbocycles. The van der Waals surface area contributed by atoms with E-state index >= 15 is 0 Å². The Morgan fingerprint density at radius 3 is 1.80 bits per heavy atom. The van der Waals surface area contributed by atoms with E-state index in [4.69, 9.17) is 5.73 Å². The van der Waals surface area contributed by atoms with Crippen molar-refractivity contribution in [3.05, 3.63) is 24.3 Å². The minimum atomic E-state index is -0.926. The number of carbonyl (C=O) groups excluding carboxylic acids is 2. The van der Waals surface area contributed by atoms with E-state index in [1.165, 1.54) is 0 Å². The van der Waals surface area contributed by atoms with Crippen molar-refractivity contribution in [1.29, 1.82) is 0 Å². The molecular formula is C14H22ClN3O2. The van der Waals surface area contributed by atoms with Gasteiger partial charge >= 0.3 is 0 Å². The summed E-state index contributed by atoms with van der Waals surface area (Å²) in [6.07, 6.45) is 0. The second-order valence-electron chi connectivity index (χ2n) is 5.40. The predicted octanol–water partition coefficient (Wildman–Crippen LogP) is 2.38. The Labute approximate surface area is 125 Å². The maximum Gasteiger partial charge on any atom is 0.243 e. The van der Waals surface area contributed by atoms with Crippen molar-refractivity contribution in [3.63, 3.8) is 0 Å². The molecule has 0 heterocycles. The Kier molecular flexibility index (Phi) is 6.68. The molecule has 0 aliphatic rings. The van der Waals surface area contributed by atoms with Crippen LogP contribution in [0.5, 0.6) is 0 Å². The molecule has 2 amide bonds. The summed E-state index contributed by atoms with van der Waals surface area (Å²) < 4.78 is 0. The minimum Gasteiger partial charge on any atom is -0.326 e. The zero-order valence-electron chi connectivity index (χ0n) is 12.2. The lowest BCUT2D eigenvalue weighted by atomic mass is 10.1. The fourth-order valence-corrected chi connectivity index (χ4v) is 1.22. The first-order valence-corrected chi connectivity index (χ1v) is 6.21. The first-order chi connectivity index (χ1) is 8.70. The fourth-order valence-electron chi connectivity index (χ4n) is 1.22. The van der Waals surface area contributed by atoms with Gasteiger partial charge in [-0.3, -0.25) is 9.59 Å². The molecule has 0 atom stereocenters. The molecular weight excluding hydrogens is 278 g/mol. The monoisotopic (exact) mass is 299 g/mol. The molecule has 0 unspecified atom stereocenters. The molecule has 0 spiro atoms. The lowest BCUT2D eigenvalue weighted by Crippen LogP contribution is -2.45. The van der Waals surface area contributed by atoms with Crippen molar-refractivity contribution in [3.8, 4) is 0 Å². The molecule has 112 valence electrons. The summed E-state index contributed by atoms with van der Waals surface area (Å²) in [5.74, 6) is -0.372. The topological polar surface area (TPSA) is 84.2 Å². The average molecular weight is 300 g/mol. The van der Waals surface area contributed by atoms with Crippen LogP contribution >= 0.6 is 12.4 Å². The molecule has 4 N–H and O–H groups in total. The number of hydrogen-bond acceptors (Lipinski definition) is 3. The average Bonchev–Trinajstić information content (AvgIpc) is 2.30. The number of carbonyl (C=O) groups is 2. The highest BCUT2D eigenvalue weighted by Crippen LogP contribution is 2.15. The molecule has 0 aliphatic heterocycles. The van der Waals surface area contributed by atoms with E-state index in [2.05, 4.69) is 10.6 Å². The van der Waals surface area contributed by atoms with Crippen LogP contribution in [0.3, 0.4) is 0 Å². The molecule has 0 saturated heterocycles. The van der Waals surface area contributed by atoms with Crippen molar-refractivity contribution >= 4 is 35.6 Å². The molecule has 5 nitrogen and oxygen atoms in total. The van der Waals surface area contributed by atoms with Crippen molar-refractivity contribution in [2.45, 2.75) is 33.2 Å². The smallest absolute Gasteiger partial charge is 0.243 e. The third-order valence-electron chi connectivity index (χ3n) is 2.52. The zero-order valence-corrected chi connectivity index (χ0v) is 13.0. The van der Waals surface area contributed by atoms with Crippen LogP contribution in [0.1, 0.15) is 27.7 Å². The molecule has 0 aromatic heterocycles. The van der Waals surface area contributed by atoms with Gasteiger partial charge in [0.1, 0.15) is 0 Å². The summed E-state index contributed by atoms with van der Waals surface area (Å²) in [6.45, 7) is 6.93. The number of nitrogens with one attached hydrogen (secondary N) is 2. The van der Waals surface area contributed by atoms with Gasteiger partial charge in [-0.15, -0.1) is 12.4 Å². The van der Waals surface area contributed by atoms with Gasteiger partial charge in [-0.1, -0.05) is 13.8 Å². The largest absolute Gasteiger partial charge is 0.326 e. The van der Waals surface area contributed by atoms with Crippen LogP contribution in [-0.2, 0) is 9.59 Å². The number of nitrogens with two attached hydrogens (primary N) is 1. The van der Waals surface area contributed by atoms with Gasteiger partial charge < -0.3 is 16.4 Å². The first kappa shape index (κ1) is 18.4. The molecule has 20 heavy (non-hydrogen) atoms. The second-order valence-corrected chi connectivity index (χ2v) is 5.40. The van der Waals surface area contributed by atoms with Crippen LogP contribution in [0.2, 0.25) is 0 Å². The molecule has 1 aromatic rings. The molecule has 6 heteroatoms. The molecule has 0 bridgehead atoms. The van der Waals surface area contributed by atoms with E-state index in [1.807, 2.05) is 13.8 Å². The molecule has 0 aliphatic carbocycles. The SMILES string of the molecule is CC(C)C(=O)Nc1ccc(NC(=O)C(C)(C)N)cc1.Cl. The van der Waals surface area contributed by atoms with Crippen molar-refractivity contribution in [1.82, 2.24) is 0 Å². The van der Waals surface area contributed by atoms with E-state index in [0.29, 0.717) is 11.4 Å². The lowest BCUT2D eigenvalue weighted by molar-refractivity contribution is -0.120. The number of amides is 2. The molecule has 1 aromatic carbocycles. The van der Waals surface area contributed by atoms with E-state index in [0.717, 1.165) is 0 Å². The Morgan fingerprint density at radius 1 is 1.05 bits per heavy atom. The first-order valence-electron chi connectivity index (χ1n) is 6.21. The number of anilines is 2. The number of hydrogen-bond donors (Lipinski definition) is 3. The van der Waals surface area contributed by atoms with Crippen LogP contribution in [0.4, 0.5) is 11.4 Å². The van der Waals surface area contributed by atoms with E-state index < -0.39 is 5.54 Å². The van der Waals surface area contributed by atoms with Crippen LogP contribution in [-0.4, -0.2) is 17.4 Å². The third-order valence-corrected chi connectivity index (χ3v) is 2.52. The highest BCUT2D eigenvalue weighted by atomic mass is 35.5. The normalized spacial score (nSPS) is 10.7. The summed E-state index contributed by atoms with van der Waals surface area (Å²) in [5, 5.41) is 5.48. The number of halogens is 1. The van der Waals surface area contributed by atoms with Crippen molar-refractivity contribution in [2.24, 2.45) is 11.7 Å². The van der Waals surface area contributed by atoms with Crippen LogP contribution in [0, 0.1) is 5.92 Å². The van der Waals surface area contributed by atoms with Crippen LogP contribution in [0.15, 0.2) is 24.3 Å². The van der Waals surface area contributed by atoms with Gasteiger partial charge in [-0.05, 0) is 38.1 Å². The van der Waals surface area contributed by atoms with Gasteiger partial charge in [0, 0.05) is 17.3 Å². The standard InChI is InChI=1S/C14H21N3O2.ClH/c1-9(2)12(18)16-10-5-7-11(8-6-10)17-13(19)14(3,4)15;/h5-9H,15H2,1-4H3,(H,16,18)(H,17,19);1H. The Bertz CT molecular complexity index is 464. The van der Waals surface area contributed by atoms with Gasteiger partial charge in [0.05, 0.1) is 5.54 Å². The van der Waals surface area contributed by atoms with Crippen LogP contribution < -0.4 is 16.4 Å². The number of rotatable bonds is 4. The minimum absolute atomic E-state index is 0. The second kappa shape index (κ2) is 7.26. The Morgan fingerprint density at radius 2 is 1.45 bits per heavy atom. The van der Waals surface area contributed by atoms with E-state index in [1.54, 1.807) is 38.1 Å². The summed E-state index contributed by atoms with van der Waals surface area (Å²) in [7, 11) is 0. The van der Waals surface area contributed by atoms with Crippen molar-refractivity contribution < 1.29 is 9.59 Å². The van der Waals surface area contributed by atoms with Crippen molar-refractivity contribution in [2.75, 3.05) is 10.6 Å². The fraction of sp³-hybridized carbons (Fsp3) is 0.429. The highest BCUT2D eigenvalue weighted by molar-refractivity contribution is 5.97. The quantitative estimate of drug-likeness (QED) is 0.798. The maximum atomic E-state index is 11.7. The predicted molar refractivity (Wildman–Crippen MR) is 84.1 cm³/mol. The molecule has 0 fully saturated rings. The molecule has 1 rings (SSSR count). The number of benzene rings is 1. The maximum absolute atomic E-state index is 11.7. The summed E-state index contributed by atoms with van der Waals surface area (Å²) in [6, 6.07) is 6.91.